The summed E-state index contributed by atoms with van der Waals surface area (Å²) in [6, 6.07) is 0. The van der Waals surface area contributed by atoms with Gasteiger partial charge in [-0.3, -0.25) is 4.79 Å². The van der Waals surface area contributed by atoms with Crippen LogP contribution in [-0.2, 0) is 4.79 Å². The Kier molecular flexibility index (Phi) is 19.8. The first-order valence-electron chi connectivity index (χ1n) is 6.50. The Labute approximate surface area is 110 Å². The van der Waals surface area contributed by atoms with Crippen LogP contribution in [0.1, 0.15) is 80.6 Å². The molecule has 0 fully saturated rings. The maximum atomic E-state index is 11.4. The molecule has 106 valence electrons. The molecule has 0 spiro atoms. The summed E-state index contributed by atoms with van der Waals surface area (Å²) in [6.07, 6.45) is 8.61. The van der Waals surface area contributed by atoms with E-state index in [1.54, 1.807) is 0 Å². The third kappa shape index (κ3) is 13.4. The van der Waals surface area contributed by atoms with Gasteiger partial charge in [-0.05, 0) is 12.8 Å². The van der Waals surface area contributed by atoms with Crippen LogP contribution in [0, 0.1) is 5.92 Å². The summed E-state index contributed by atoms with van der Waals surface area (Å²) in [7, 11) is 0. The van der Waals surface area contributed by atoms with Gasteiger partial charge in [0.15, 0.2) is 0 Å². The van der Waals surface area contributed by atoms with Gasteiger partial charge in [0.05, 0.1) is 0 Å². The molecule has 0 aromatic rings. The van der Waals surface area contributed by atoms with E-state index in [0.717, 1.165) is 19.4 Å². The first-order valence-corrected chi connectivity index (χ1v) is 6.50. The molecule has 1 amide bonds. The minimum absolute atomic E-state index is 0. The van der Waals surface area contributed by atoms with Gasteiger partial charge >= 0.3 is 0 Å². The lowest BCUT2D eigenvalue weighted by Crippen LogP contribution is -2.29. The molecule has 0 aromatic carbocycles. The fourth-order valence-electron chi connectivity index (χ4n) is 1.48. The number of nitrogens with one attached hydrogen (secondary N) is 1. The molecule has 0 aliphatic heterocycles. The van der Waals surface area contributed by atoms with E-state index in [-0.39, 0.29) is 26.7 Å². The molecule has 2 heteroatoms. The van der Waals surface area contributed by atoms with Crippen molar-refractivity contribution in [2.45, 2.75) is 80.6 Å². The first kappa shape index (κ1) is 21.7. The van der Waals surface area contributed by atoms with E-state index in [9.17, 15) is 4.79 Å². The molecular formula is C15H35NO. The van der Waals surface area contributed by atoms with Crippen LogP contribution in [-0.4, -0.2) is 12.5 Å². The lowest BCUT2D eigenvalue weighted by molar-refractivity contribution is -0.124. The van der Waals surface area contributed by atoms with E-state index >= 15 is 0 Å². The number of hydrogen-bond donors (Lipinski definition) is 1. The molecule has 0 radical (unpaired) electrons. The van der Waals surface area contributed by atoms with Crippen molar-refractivity contribution in [3.63, 3.8) is 0 Å². The number of carbonyl (C=O) groups excluding carboxylic acids is 1. The Hall–Kier alpha value is -0.530. The van der Waals surface area contributed by atoms with Crippen molar-refractivity contribution in [1.82, 2.24) is 5.32 Å². The molecule has 0 aliphatic carbocycles. The van der Waals surface area contributed by atoms with Gasteiger partial charge in [0.25, 0.3) is 0 Å². The molecule has 17 heavy (non-hydrogen) atoms. The molecule has 0 saturated carbocycles. The smallest absolute Gasteiger partial charge is 0.222 e. The molecule has 2 nitrogen and oxygen atoms in total. The zero-order valence-electron chi connectivity index (χ0n) is 10.6. The molecule has 1 unspecified atom stereocenters. The Balaban J connectivity index is -0.000000980. The molecule has 0 rings (SSSR count). The van der Waals surface area contributed by atoms with Crippen LogP contribution in [0.15, 0.2) is 0 Å². The topological polar surface area (TPSA) is 29.1 Å². The summed E-state index contributed by atoms with van der Waals surface area (Å²) in [5.74, 6) is 0.385. The van der Waals surface area contributed by atoms with Gasteiger partial charge in [0.2, 0.25) is 5.91 Å². The number of carbonyl (C=O) groups is 1. The third-order valence-corrected chi connectivity index (χ3v) is 2.89. The zero-order chi connectivity index (χ0) is 11.5. The monoisotopic (exact) mass is 245 g/mol. The van der Waals surface area contributed by atoms with Crippen LogP contribution < -0.4 is 5.32 Å². The van der Waals surface area contributed by atoms with Gasteiger partial charge < -0.3 is 5.32 Å². The third-order valence-electron chi connectivity index (χ3n) is 2.89. The van der Waals surface area contributed by atoms with Crippen LogP contribution in [0.4, 0.5) is 0 Å². The highest BCUT2D eigenvalue weighted by atomic mass is 16.1. The second-order valence-corrected chi connectivity index (χ2v) is 4.37. The Bertz CT molecular complexity index is 157. The van der Waals surface area contributed by atoms with Crippen molar-refractivity contribution in [2.24, 2.45) is 5.92 Å². The van der Waals surface area contributed by atoms with E-state index in [4.69, 9.17) is 0 Å². The van der Waals surface area contributed by atoms with Gasteiger partial charge in [0, 0.05) is 12.5 Å². The highest BCUT2D eigenvalue weighted by Crippen LogP contribution is 2.04. The number of hydrogen-bond acceptors (Lipinski definition) is 1. The molecule has 1 N–H and O–H groups in total. The lowest BCUT2D eigenvalue weighted by Gasteiger charge is -2.09. The maximum absolute atomic E-state index is 11.4. The largest absolute Gasteiger partial charge is 0.356 e. The highest BCUT2D eigenvalue weighted by Gasteiger charge is 2.08. The van der Waals surface area contributed by atoms with Crippen molar-refractivity contribution in [3.8, 4) is 0 Å². The SMILES string of the molecule is C.C.CCCCCCCCNC(=O)C(C)CC. The molecule has 1 atom stereocenters. The summed E-state index contributed by atoms with van der Waals surface area (Å²) in [4.78, 5) is 11.4. The molecule has 0 saturated heterocycles. The standard InChI is InChI=1S/C13H27NO.2CH4/c1-4-6-7-8-9-10-11-14-13(15)12(3)5-2;;/h12H,4-11H2,1-3H3,(H,14,15);2*1H4. The normalized spacial score (nSPS) is 11.0. The van der Waals surface area contributed by atoms with Crippen molar-refractivity contribution < 1.29 is 4.79 Å². The van der Waals surface area contributed by atoms with Crippen LogP contribution in [0.5, 0.6) is 0 Å². The second kappa shape index (κ2) is 15.5. The van der Waals surface area contributed by atoms with E-state index < -0.39 is 0 Å². The minimum Gasteiger partial charge on any atom is -0.356 e. The van der Waals surface area contributed by atoms with Crippen LogP contribution in [0.25, 0.3) is 0 Å². The highest BCUT2D eigenvalue weighted by molar-refractivity contribution is 5.78. The Morgan fingerprint density at radius 2 is 1.53 bits per heavy atom. The Morgan fingerprint density at radius 3 is 2.06 bits per heavy atom. The van der Waals surface area contributed by atoms with Crippen LogP contribution in [0.3, 0.4) is 0 Å². The minimum atomic E-state index is 0. The Morgan fingerprint density at radius 1 is 1.00 bits per heavy atom. The molecule has 0 aliphatic rings. The van der Waals surface area contributed by atoms with E-state index in [1.807, 2.05) is 6.92 Å². The average molecular weight is 245 g/mol. The fraction of sp³-hybridized carbons (Fsp3) is 0.933. The fourth-order valence-corrected chi connectivity index (χ4v) is 1.48. The van der Waals surface area contributed by atoms with Gasteiger partial charge in [-0.1, -0.05) is 67.7 Å². The van der Waals surface area contributed by atoms with Crippen molar-refractivity contribution in [2.75, 3.05) is 6.54 Å². The average Bonchev–Trinajstić information content (AvgIpc) is 2.26. The first-order chi connectivity index (χ1) is 7.22. The van der Waals surface area contributed by atoms with Crippen molar-refractivity contribution in [3.05, 3.63) is 0 Å². The van der Waals surface area contributed by atoms with Crippen LogP contribution in [0.2, 0.25) is 0 Å². The summed E-state index contributed by atoms with van der Waals surface area (Å²) in [5.41, 5.74) is 0. The summed E-state index contributed by atoms with van der Waals surface area (Å²) < 4.78 is 0. The van der Waals surface area contributed by atoms with Gasteiger partial charge in [-0.2, -0.15) is 0 Å². The van der Waals surface area contributed by atoms with Crippen molar-refractivity contribution >= 4 is 5.91 Å². The number of amides is 1. The van der Waals surface area contributed by atoms with E-state index in [2.05, 4.69) is 19.2 Å². The van der Waals surface area contributed by atoms with Gasteiger partial charge in [-0.25, -0.2) is 0 Å². The summed E-state index contributed by atoms with van der Waals surface area (Å²) >= 11 is 0. The van der Waals surface area contributed by atoms with Gasteiger partial charge in [-0.15, -0.1) is 0 Å². The molecule has 0 aromatic heterocycles. The summed E-state index contributed by atoms with van der Waals surface area (Å²) in [5, 5.41) is 2.99. The van der Waals surface area contributed by atoms with Crippen LogP contribution >= 0.6 is 0 Å². The molecular weight excluding hydrogens is 210 g/mol. The summed E-state index contributed by atoms with van der Waals surface area (Å²) in [6.45, 7) is 7.12. The van der Waals surface area contributed by atoms with Crippen molar-refractivity contribution in [1.29, 1.82) is 0 Å². The number of unbranched alkanes of at least 4 members (excludes halogenated alkanes) is 5. The zero-order valence-corrected chi connectivity index (χ0v) is 10.6. The predicted octanol–water partition coefficient (Wildman–Crippen LogP) is 4.78. The molecule has 0 heterocycles. The van der Waals surface area contributed by atoms with E-state index in [0.29, 0.717) is 0 Å². The predicted molar refractivity (Wildman–Crippen MR) is 79.3 cm³/mol. The quantitative estimate of drug-likeness (QED) is 0.582. The van der Waals surface area contributed by atoms with E-state index in [1.165, 1.54) is 32.1 Å². The maximum Gasteiger partial charge on any atom is 0.222 e. The molecule has 0 bridgehead atoms. The van der Waals surface area contributed by atoms with Gasteiger partial charge in [0.1, 0.15) is 0 Å². The lowest BCUT2D eigenvalue weighted by atomic mass is 10.1. The second-order valence-electron chi connectivity index (χ2n) is 4.37. The number of rotatable bonds is 9.